The van der Waals surface area contributed by atoms with Crippen LogP contribution < -0.4 is 0 Å². The lowest BCUT2D eigenvalue weighted by Gasteiger charge is -2.30. The summed E-state index contributed by atoms with van der Waals surface area (Å²) in [6.45, 7) is 8.67. The van der Waals surface area contributed by atoms with Crippen molar-refractivity contribution >= 4 is 0 Å². The molecule has 1 heteroatoms. The SMILES string of the molecule is CC(C)CCCN1CCC1. The molecule has 1 heterocycles. The fourth-order valence-corrected chi connectivity index (χ4v) is 1.33. The number of rotatable bonds is 4. The van der Waals surface area contributed by atoms with E-state index in [0.29, 0.717) is 0 Å². The predicted octanol–water partition coefficient (Wildman–Crippen LogP) is 2.13. The predicted molar refractivity (Wildman–Crippen MR) is 45.1 cm³/mol. The third-order valence-corrected chi connectivity index (χ3v) is 2.20. The number of hydrogen-bond donors (Lipinski definition) is 0. The lowest BCUT2D eigenvalue weighted by Crippen LogP contribution is -2.37. The molecule has 0 atom stereocenters. The number of nitrogens with zero attached hydrogens (tertiary/aromatic N) is 1. The van der Waals surface area contributed by atoms with Crippen molar-refractivity contribution in [2.45, 2.75) is 33.1 Å². The zero-order chi connectivity index (χ0) is 7.40. The monoisotopic (exact) mass is 141 g/mol. The number of likely N-dealkylation sites (tertiary alicyclic amines) is 1. The molecule has 1 saturated heterocycles. The van der Waals surface area contributed by atoms with Gasteiger partial charge in [-0.3, -0.25) is 0 Å². The van der Waals surface area contributed by atoms with E-state index in [1.807, 2.05) is 0 Å². The number of hydrogen-bond acceptors (Lipinski definition) is 1. The molecule has 1 nitrogen and oxygen atoms in total. The van der Waals surface area contributed by atoms with Crippen LogP contribution >= 0.6 is 0 Å². The van der Waals surface area contributed by atoms with E-state index in [9.17, 15) is 0 Å². The molecule has 10 heavy (non-hydrogen) atoms. The quantitative estimate of drug-likeness (QED) is 0.579. The van der Waals surface area contributed by atoms with Crippen LogP contribution in [-0.2, 0) is 0 Å². The molecule has 1 aliphatic rings. The summed E-state index contributed by atoms with van der Waals surface area (Å²) in [7, 11) is 0. The van der Waals surface area contributed by atoms with E-state index in [4.69, 9.17) is 0 Å². The largest absolute Gasteiger partial charge is 0.303 e. The van der Waals surface area contributed by atoms with Crippen LogP contribution in [0.25, 0.3) is 0 Å². The first-order chi connectivity index (χ1) is 4.79. The van der Waals surface area contributed by atoms with Gasteiger partial charge in [0.2, 0.25) is 0 Å². The summed E-state index contributed by atoms with van der Waals surface area (Å²) in [5, 5.41) is 0. The Balaban J connectivity index is 1.85. The van der Waals surface area contributed by atoms with Crippen molar-refractivity contribution in [1.82, 2.24) is 4.90 Å². The van der Waals surface area contributed by atoms with E-state index in [2.05, 4.69) is 18.7 Å². The fraction of sp³-hybridized carbons (Fsp3) is 1.00. The molecule has 0 bridgehead atoms. The Labute approximate surface area is 64.4 Å². The van der Waals surface area contributed by atoms with Gasteiger partial charge < -0.3 is 4.90 Å². The zero-order valence-corrected chi connectivity index (χ0v) is 7.27. The van der Waals surface area contributed by atoms with Gasteiger partial charge in [0.05, 0.1) is 0 Å². The van der Waals surface area contributed by atoms with Crippen LogP contribution in [0.3, 0.4) is 0 Å². The van der Waals surface area contributed by atoms with Gasteiger partial charge in [0.1, 0.15) is 0 Å². The Hall–Kier alpha value is -0.0400. The Morgan fingerprint density at radius 2 is 2.00 bits per heavy atom. The average Bonchev–Trinajstić information content (AvgIpc) is 1.75. The molecule has 0 N–H and O–H groups in total. The van der Waals surface area contributed by atoms with Gasteiger partial charge >= 0.3 is 0 Å². The van der Waals surface area contributed by atoms with Crippen LogP contribution in [0, 0.1) is 5.92 Å². The summed E-state index contributed by atoms with van der Waals surface area (Å²) < 4.78 is 0. The molecule has 0 aromatic heterocycles. The van der Waals surface area contributed by atoms with E-state index in [1.54, 1.807) is 0 Å². The van der Waals surface area contributed by atoms with Gasteiger partial charge in [-0.25, -0.2) is 0 Å². The van der Waals surface area contributed by atoms with Gasteiger partial charge in [0.25, 0.3) is 0 Å². The van der Waals surface area contributed by atoms with Gasteiger partial charge in [0, 0.05) is 0 Å². The van der Waals surface area contributed by atoms with Crippen LogP contribution in [0.5, 0.6) is 0 Å². The molecule has 0 aromatic rings. The minimum atomic E-state index is 0.890. The second kappa shape index (κ2) is 3.97. The first kappa shape index (κ1) is 8.06. The first-order valence-corrected chi connectivity index (χ1v) is 4.51. The Morgan fingerprint density at radius 1 is 1.30 bits per heavy atom. The first-order valence-electron chi connectivity index (χ1n) is 4.51. The van der Waals surface area contributed by atoms with Crippen LogP contribution in [0.4, 0.5) is 0 Å². The minimum absolute atomic E-state index is 0.890. The highest BCUT2D eigenvalue weighted by atomic mass is 15.2. The van der Waals surface area contributed by atoms with Crippen molar-refractivity contribution in [2.75, 3.05) is 19.6 Å². The highest BCUT2D eigenvalue weighted by Crippen LogP contribution is 2.09. The van der Waals surface area contributed by atoms with Gasteiger partial charge in [-0.15, -0.1) is 0 Å². The topological polar surface area (TPSA) is 3.24 Å². The zero-order valence-electron chi connectivity index (χ0n) is 7.27. The molecule has 0 aliphatic carbocycles. The smallest absolute Gasteiger partial charge is 0.000654 e. The van der Waals surface area contributed by atoms with E-state index >= 15 is 0 Å². The summed E-state index contributed by atoms with van der Waals surface area (Å²) in [6, 6.07) is 0. The molecular weight excluding hydrogens is 122 g/mol. The second-order valence-corrected chi connectivity index (χ2v) is 3.73. The summed E-state index contributed by atoms with van der Waals surface area (Å²) in [6.07, 6.45) is 4.23. The highest BCUT2D eigenvalue weighted by molar-refractivity contribution is 4.67. The molecule has 1 rings (SSSR count). The Morgan fingerprint density at radius 3 is 2.40 bits per heavy atom. The van der Waals surface area contributed by atoms with Crippen molar-refractivity contribution in [3.05, 3.63) is 0 Å². The van der Waals surface area contributed by atoms with Crippen LogP contribution in [0.2, 0.25) is 0 Å². The second-order valence-electron chi connectivity index (χ2n) is 3.73. The normalized spacial score (nSPS) is 19.5. The van der Waals surface area contributed by atoms with Crippen molar-refractivity contribution in [2.24, 2.45) is 5.92 Å². The lowest BCUT2D eigenvalue weighted by atomic mass is 10.1. The van der Waals surface area contributed by atoms with E-state index in [1.165, 1.54) is 38.9 Å². The molecule has 0 aromatic carbocycles. The molecule has 60 valence electrons. The highest BCUT2D eigenvalue weighted by Gasteiger charge is 2.12. The molecular formula is C9H19N. The lowest BCUT2D eigenvalue weighted by molar-refractivity contribution is 0.176. The van der Waals surface area contributed by atoms with Crippen LogP contribution in [0.15, 0.2) is 0 Å². The molecule has 0 amide bonds. The Bertz CT molecular complexity index is 84.7. The minimum Gasteiger partial charge on any atom is -0.303 e. The van der Waals surface area contributed by atoms with Crippen LogP contribution in [-0.4, -0.2) is 24.5 Å². The average molecular weight is 141 g/mol. The molecule has 1 aliphatic heterocycles. The molecule has 0 saturated carbocycles. The standard InChI is InChI=1S/C9H19N/c1-9(2)5-3-6-10-7-4-8-10/h9H,3-8H2,1-2H3. The molecule has 1 fully saturated rings. The maximum absolute atomic E-state index is 2.54. The van der Waals surface area contributed by atoms with Crippen molar-refractivity contribution in [3.63, 3.8) is 0 Å². The molecule has 0 radical (unpaired) electrons. The maximum atomic E-state index is 2.54. The van der Waals surface area contributed by atoms with Gasteiger partial charge in [-0.05, 0) is 44.8 Å². The molecule has 0 unspecified atom stereocenters. The van der Waals surface area contributed by atoms with E-state index in [-0.39, 0.29) is 0 Å². The van der Waals surface area contributed by atoms with Gasteiger partial charge in [-0.2, -0.15) is 0 Å². The summed E-state index contributed by atoms with van der Waals surface area (Å²) in [5.74, 6) is 0.890. The summed E-state index contributed by atoms with van der Waals surface area (Å²) >= 11 is 0. The summed E-state index contributed by atoms with van der Waals surface area (Å²) in [5.41, 5.74) is 0. The van der Waals surface area contributed by atoms with E-state index < -0.39 is 0 Å². The van der Waals surface area contributed by atoms with Crippen molar-refractivity contribution in [3.8, 4) is 0 Å². The maximum Gasteiger partial charge on any atom is -0.000654 e. The van der Waals surface area contributed by atoms with Gasteiger partial charge in [-0.1, -0.05) is 13.8 Å². The molecule has 0 spiro atoms. The van der Waals surface area contributed by atoms with Gasteiger partial charge in [0.15, 0.2) is 0 Å². The Kier molecular flexibility index (Phi) is 3.20. The van der Waals surface area contributed by atoms with Crippen molar-refractivity contribution in [1.29, 1.82) is 0 Å². The third kappa shape index (κ3) is 2.70. The van der Waals surface area contributed by atoms with Crippen molar-refractivity contribution < 1.29 is 0 Å². The van der Waals surface area contributed by atoms with Crippen LogP contribution in [0.1, 0.15) is 33.1 Å². The third-order valence-electron chi connectivity index (χ3n) is 2.20. The fourth-order valence-electron chi connectivity index (χ4n) is 1.33. The summed E-state index contributed by atoms with van der Waals surface area (Å²) in [4.78, 5) is 2.54. The van der Waals surface area contributed by atoms with E-state index in [0.717, 1.165) is 5.92 Å².